The minimum Gasteiger partial charge on any atom is -0.469 e. The summed E-state index contributed by atoms with van der Waals surface area (Å²) in [5, 5.41) is 3.33. The summed E-state index contributed by atoms with van der Waals surface area (Å²) in [5.41, 5.74) is 0.361. The summed E-state index contributed by atoms with van der Waals surface area (Å²) >= 11 is 0. The highest BCUT2D eigenvalue weighted by atomic mass is 16.5. The number of nitrogens with zero attached hydrogens (tertiary/aromatic N) is 3. The summed E-state index contributed by atoms with van der Waals surface area (Å²) in [5.74, 6) is 1.31. The second-order valence-electron chi connectivity index (χ2n) is 6.83. The second-order valence-corrected chi connectivity index (χ2v) is 6.83. The van der Waals surface area contributed by atoms with Gasteiger partial charge in [-0.1, -0.05) is 0 Å². The minimum absolute atomic E-state index is 0.0247. The van der Waals surface area contributed by atoms with Crippen molar-refractivity contribution >= 4 is 11.9 Å². The Bertz CT molecular complexity index is 748. The number of amides is 1. The quantitative estimate of drug-likeness (QED) is 0.921. The molecule has 0 unspecified atom stereocenters. The Morgan fingerprint density at radius 2 is 2.24 bits per heavy atom. The van der Waals surface area contributed by atoms with E-state index in [1.807, 2.05) is 11.8 Å². The highest BCUT2D eigenvalue weighted by molar-refractivity contribution is 5.95. The lowest BCUT2D eigenvalue weighted by atomic mass is 9.88. The van der Waals surface area contributed by atoms with Gasteiger partial charge < -0.3 is 19.4 Å². The number of aryl methyl sites for hydroxylation is 1. The molecular weight excluding hydrogens is 320 g/mol. The highest BCUT2D eigenvalue weighted by Gasteiger charge is 2.45. The molecule has 132 valence electrons. The average Bonchev–Trinajstić information content (AvgIpc) is 3.22. The first-order chi connectivity index (χ1) is 12.2. The molecule has 4 rings (SSSR count). The summed E-state index contributed by atoms with van der Waals surface area (Å²) in [7, 11) is 0. The van der Waals surface area contributed by atoms with E-state index in [0.29, 0.717) is 30.4 Å². The summed E-state index contributed by atoms with van der Waals surface area (Å²) < 4.78 is 11.4. The third-order valence-electron chi connectivity index (χ3n) is 5.02. The summed E-state index contributed by atoms with van der Waals surface area (Å²) in [6.45, 7) is 3.79. The molecule has 2 fully saturated rings. The van der Waals surface area contributed by atoms with Gasteiger partial charge >= 0.3 is 0 Å². The van der Waals surface area contributed by atoms with E-state index in [1.165, 1.54) is 0 Å². The number of aromatic nitrogens is 2. The number of nitrogens with one attached hydrogen (secondary N) is 1. The van der Waals surface area contributed by atoms with Crippen LogP contribution in [0, 0.1) is 6.92 Å². The summed E-state index contributed by atoms with van der Waals surface area (Å²) in [4.78, 5) is 23.1. The lowest BCUT2D eigenvalue weighted by Crippen LogP contribution is -2.50. The molecule has 25 heavy (non-hydrogen) atoms. The molecule has 7 heteroatoms. The smallest absolute Gasteiger partial charge is 0.257 e. The predicted octanol–water partition coefficient (Wildman–Crippen LogP) is 2.25. The normalized spacial score (nSPS) is 26.1. The Morgan fingerprint density at radius 3 is 3.00 bits per heavy atom. The molecular formula is C18H22N4O3. The van der Waals surface area contributed by atoms with Crippen molar-refractivity contribution in [2.24, 2.45) is 0 Å². The van der Waals surface area contributed by atoms with E-state index >= 15 is 0 Å². The van der Waals surface area contributed by atoms with Gasteiger partial charge in [0.1, 0.15) is 5.76 Å². The van der Waals surface area contributed by atoms with Crippen LogP contribution in [0.3, 0.4) is 0 Å². The highest BCUT2D eigenvalue weighted by Crippen LogP contribution is 2.36. The lowest BCUT2D eigenvalue weighted by Gasteiger charge is -2.39. The van der Waals surface area contributed by atoms with E-state index in [2.05, 4.69) is 15.3 Å². The number of carbonyl (C=O) groups excluding carboxylic acids is 1. The number of likely N-dealkylation sites (tertiary alicyclic amines) is 1. The first-order valence-electron chi connectivity index (χ1n) is 8.66. The van der Waals surface area contributed by atoms with Crippen molar-refractivity contribution in [3.8, 4) is 0 Å². The Kier molecular flexibility index (Phi) is 4.17. The fraction of sp³-hybridized carbons (Fsp3) is 0.500. The minimum atomic E-state index is -0.280. The lowest BCUT2D eigenvalue weighted by molar-refractivity contribution is -0.0447. The van der Waals surface area contributed by atoms with E-state index in [9.17, 15) is 4.79 Å². The van der Waals surface area contributed by atoms with Gasteiger partial charge in [0.2, 0.25) is 5.95 Å². The van der Waals surface area contributed by atoms with Crippen molar-refractivity contribution in [1.29, 1.82) is 0 Å². The fourth-order valence-electron chi connectivity index (χ4n) is 3.83. The standard InChI is InChI=1S/C18H22N4O3/c1-13-15(4-9-24-13)16(23)22-8-2-5-18(12-22)10-14(11-25-18)21-17-19-6-3-7-20-17/h3-4,6-7,9,14H,2,5,8,10-12H2,1H3,(H,19,20,21)/t14-,18-/m0/s1. The number of ether oxygens (including phenoxy) is 1. The molecule has 0 aliphatic carbocycles. The van der Waals surface area contributed by atoms with Crippen LogP contribution in [-0.4, -0.2) is 52.1 Å². The van der Waals surface area contributed by atoms with Crippen LogP contribution in [0.5, 0.6) is 0 Å². The van der Waals surface area contributed by atoms with Crippen molar-refractivity contribution < 1.29 is 13.9 Å². The first-order valence-corrected chi connectivity index (χ1v) is 8.66. The van der Waals surface area contributed by atoms with Gasteiger partial charge in [-0.05, 0) is 31.9 Å². The predicted molar refractivity (Wildman–Crippen MR) is 91.3 cm³/mol. The van der Waals surface area contributed by atoms with Crippen LogP contribution in [0.25, 0.3) is 0 Å². The molecule has 2 aromatic heterocycles. The van der Waals surface area contributed by atoms with E-state index < -0.39 is 0 Å². The van der Waals surface area contributed by atoms with Gasteiger partial charge in [0.25, 0.3) is 5.91 Å². The molecule has 0 saturated carbocycles. The molecule has 2 atom stereocenters. The van der Waals surface area contributed by atoms with Gasteiger partial charge in [0.05, 0.1) is 36.6 Å². The zero-order valence-electron chi connectivity index (χ0n) is 14.3. The van der Waals surface area contributed by atoms with E-state index in [4.69, 9.17) is 9.15 Å². The van der Waals surface area contributed by atoms with Crippen LogP contribution in [0.15, 0.2) is 35.2 Å². The fourth-order valence-corrected chi connectivity index (χ4v) is 3.83. The Hall–Kier alpha value is -2.41. The maximum absolute atomic E-state index is 12.8. The number of hydrogen-bond donors (Lipinski definition) is 1. The van der Waals surface area contributed by atoms with E-state index in [1.54, 1.807) is 30.8 Å². The molecule has 2 aliphatic heterocycles. The Balaban J connectivity index is 1.42. The SMILES string of the molecule is Cc1occc1C(=O)N1CCC[C@]2(C[C@H](Nc3ncccn3)CO2)C1. The van der Waals surface area contributed by atoms with Crippen molar-refractivity contribution in [1.82, 2.24) is 14.9 Å². The van der Waals surface area contributed by atoms with Crippen LogP contribution in [-0.2, 0) is 4.74 Å². The third kappa shape index (κ3) is 3.24. The van der Waals surface area contributed by atoms with Gasteiger partial charge in [-0.3, -0.25) is 4.79 Å². The number of furan rings is 1. The molecule has 0 aromatic carbocycles. The monoisotopic (exact) mass is 342 g/mol. The maximum atomic E-state index is 12.8. The topological polar surface area (TPSA) is 80.5 Å². The number of piperidine rings is 1. The molecule has 1 N–H and O–H groups in total. The molecule has 1 spiro atoms. The molecule has 4 heterocycles. The molecule has 1 amide bonds. The van der Waals surface area contributed by atoms with Crippen molar-refractivity contribution in [2.75, 3.05) is 25.0 Å². The van der Waals surface area contributed by atoms with Gasteiger partial charge in [0, 0.05) is 25.4 Å². The first kappa shape index (κ1) is 16.1. The number of hydrogen-bond acceptors (Lipinski definition) is 6. The zero-order valence-corrected chi connectivity index (χ0v) is 14.3. The van der Waals surface area contributed by atoms with Gasteiger partial charge in [-0.2, -0.15) is 0 Å². The van der Waals surface area contributed by atoms with Crippen molar-refractivity contribution in [2.45, 2.75) is 37.8 Å². The number of carbonyl (C=O) groups is 1. The second kappa shape index (κ2) is 6.48. The molecule has 0 bridgehead atoms. The molecule has 7 nitrogen and oxygen atoms in total. The van der Waals surface area contributed by atoms with Crippen LogP contribution < -0.4 is 5.32 Å². The molecule has 0 radical (unpaired) electrons. The molecule has 2 aromatic rings. The van der Waals surface area contributed by atoms with Crippen LogP contribution in [0.4, 0.5) is 5.95 Å². The molecule has 2 aliphatic rings. The van der Waals surface area contributed by atoms with Crippen molar-refractivity contribution in [3.63, 3.8) is 0 Å². The Labute approximate surface area is 146 Å². The summed E-state index contributed by atoms with van der Waals surface area (Å²) in [6.07, 6.45) is 7.75. The average molecular weight is 342 g/mol. The van der Waals surface area contributed by atoms with E-state index in [0.717, 1.165) is 25.8 Å². The third-order valence-corrected chi connectivity index (χ3v) is 5.02. The number of anilines is 1. The molecule has 2 saturated heterocycles. The largest absolute Gasteiger partial charge is 0.469 e. The van der Waals surface area contributed by atoms with Crippen LogP contribution in [0.2, 0.25) is 0 Å². The van der Waals surface area contributed by atoms with Gasteiger partial charge in [-0.15, -0.1) is 0 Å². The van der Waals surface area contributed by atoms with Gasteiger partial charge in [-0.25, -0.2) is 9.97 Å². The number of rotatable bonds is 3. The zero-order chi connectivity index (χ0) is 17.3. The summed E-state index contributed by atoms with van der Waals surface area (Å²) in [6, 6.07) is 3.69. The van der Waals surface area contributed by atoms with Crippen LogP contribution in [0.1, 0.15) is 35.4 Å². The van der Waals surface area contributed by atoms with E-state index in [-0.39, 0.29) is 17.6 Å². The van der Waals surface area contributed by atoms with Gasteiger partial charge in [0.15, 0.2) is 0 Å². The van der Waals surface area contributed by atoms with Crippen molar-refractivity contribution in [3.05, 3.63) is 42.1 Å². The maximum Gasteiger partial charge on any atom is 0.257 e. The Morgan fingerprint density at radius 1 is 1.40 bits per heavy atom. The van der Waals surface area contributed by atoms with Crippen LogP contribution >= 0.6 is 0 Å².